The molecule has 0 aliphatic carbocycles. The molecule has 50 valence electrons. The van der Waals surface area contributed by atoms with E-state index in [1.807, 2.05) is 6.92 Å². The molecule has 0 radical (unpaired) electrons. The second-order valence-electron chi connectivity index (χ2n) is 2.39. The molecule has 0 aliphatic rings. The van der Waals surface area contributed by atoms with Crippen LogP contribution >= 0.6 is 0 Å². The normalized spacial score (nSPS) is 18.0. The molecule has 0 aromatic carbocycles. The fraction of sp³-hybridized carbons (Fsp3) is 1.00. The Morgan fingerprint density at radius 3 is 2.25 bits per heavy atom. The minimum atomic E-state index is -0.533. The Morgan fingerprint density at radius 1 is 1.62 bits per heavy atom. The van der Waals surface area contributed by atoms with Gasteiger partial charge in [0.15, 0.2) is 0 Å². The first-order valence-corrected chi connectivity index (χ1v) is 3.05. The van der Waals surface area contributed by atoms with E-state index in [2.05, 4.69) is 0 Å². The summed E-state index contributed by atoms with van der Waals surface area (Å²) < 4.78 is 0. The average molecular weight is 117 g/mol. The maximum Gasteiger partial charge on any atom is 0.0629 e. The van der Waals surface area contributed by atoms with Crippen molar-refractivity contribution in [3.8, 4) is 0 Å². The summed E-state index contributed by atoms with van der Waals surface area (Å²) in [5, 5.41) is 9.24. The van der Waals surface area contributed by atoms with E-state index in [0.717, 1.165) is 6.42 Å². The standard InChI is InChI=1S/C6H15NO/c1-3-6(2,8)4-5-7/h8H,3-5,7H2,1-2H3/t6-/m0/s1. The molecule has 0 unspecified atom stereocenters. The lowest BCUT2D eigenvalue weighted by atomic mass is 10.00. The molecule has 3 N–H and O–H groups in total. The van der Waals surface area contributed by atoms with Crippen LogP contribution in [-0.2, 0) is 0 Å². The molecule has 0 rings (SSSR count). The van der Waals surface area contributed by atoms with Crippen LogP contribution in [0.15, 0.2) is 0 Å². The Kier molecular flexibility index (Phi) is 3.02. The first-order chi connectivity index (χ1) is 3.62. The van der Waals surface area contributed by atoms with Gasteiger partial charge >= 0.3 is 0 Å². The summed E-state index contributed by atoms with van der Waals surface area (Å²) >= 11 is 0. The van der Waals surface area contributed by atoms with Crippen molar-refractivity contribution >= 4 is 0 Å². The Hall–Kier alpha value is -0.0800. The lowest BCUT2D eigenvalue weighted by molar-refractivity contribution is 0.0496. The van der Waals surface area contributed by atoms with Crippen LogP contribution in [0.4, 0.5) is 0 Å². The van der Waals surface area contributed by atoms with E-state index >= 15 is 0 Å². The molecule has 0 aromatic heterocycles. The minimum absolute atomic E-state index is 0.533. The first kappa shape index (κ1) is 7.92. The maximum atomic E-state index is 9.24. The molecule has 0 amide bonds. The van der Waals surface area contributed by atoms with Crippen LogP contribution in [0.5, 0.6) is 0 Å². The number of nitrogens with two attached hydrogens (primary N) is 1. The highest BCUT2D eigenvalue weighted by Gasteiger charge is 2.14. The second kappa shape index (κ2) is 3.05. The topological polar surface area (TPSA) is 46.2 Å². The van der Waals surface area contributed by atoms with Crippen molar-refractivity contribution in [3.63, 3.8) is 0 Å². The fourth-order valence-electron chi connectivity index (χ4n) is 0.488. The van der Waals surface area contributed by atoms with Gasteiger partial charge in [-0.1, -0.05) is 6.92 Å². The lowest BCUT2D eigenvalue weighted by Crippen LogP contribution is -2.26. The Morgan fingerprint density at radius 2 is 2.12 bits per heavy atom. The molecular weight excluding hydrogens is 102 g/mol. The van der Waals surface area contributed by atoms with Crippen LogP contribution in [-0.4, -0.2) is 17.3 Å². The highest BCUT2D eigenvalue weighted by Crippen LogP contribution is 2.11. The molecular formula is C6H15NO. The van der Waals surface area contributed by atoms with Crippen molar-refractivity contribution in [2.45, 2.75) is 32.3 Å². The summed E-state index contributed by atoms with van der Waals surface area (Å²) in [6, 6.07) is 0. The van der Waals surface area contributed by atoms with Crippen molar-refractivity contribution in [3.05, 3.63) is 0 Å². The largest absolute Gasteiger partial charge is 0.390 e. The summed E-state index contributed by atoms with van der Waals surface area (Å²) in [6.07, 6.45) is 1.48. The van der Waals surface area contributed by atoms with Gasteiger partial charge in [0.05, 0.1) is 5.60 Å². The number of hydrogen-bond donors (Lipinski definition) is 2. The monoisotopic (exact) mass is 117 g/mol. The molecule has 0 bridgehead atoms. The van der Waals surface area contributed by atoms with Crippen molar-refractivity contribution in [2.75, 3.05) is 6.54 Å². The summed E-state index contributed by atoms with van der Waals surface area (Å²) in [5.41, 5.74) is 4.70. The molecule has 2 heteroatoms. The van der Waals surface area contributed by atoms with Gasteiger partial charge in [0, 0.05) is 0 Å². The van der Waals surface area contributed by atoms with Gasteiger partial charge < -0.3 is 10.8 Å². The summed E-state index contributed by atoms with van der Waals surface area (Å²) in [4.78, 5) is 0. The molecule has 0 saturated heterocycles. The predicted molar refractivity (Wildman–Crippen MR) is 34.6 cm³/mol. The van der Waals surface area contributed by atoms with Gasteiger partial charge in [-0.25, -0.2) is 0 Å². The molecule has 0 aliphatic heterocycles. The van der Waals surface area contributed by atoms with Gasteiger partial charge in [-0.15, -0.1) is 0 Å². The van der Waals surface area contributed by atoms with Crippen LogP contribution in [0, 0.1) is 0 Å². The van der Waals surface area contributed by atoms with Crippen LogP contribution in [0.25, 0.3) is 0 Å². The zero-order valence-electron chi connectivity index (χ0n) is 5.65. The van der Waals surface area contributed by atoms with Crippen molar-refractivity contribution in [2.24, 2.45) is 5.73 Å². The molecule has 0 aromatic rings. The van der Waals surface area contributed by atoms with Crippen molar-refractivity contribution in [1.29, 1.82) is 0 Å². The van der Waals surface area contributed by atoms with E-state index in [4.69, 9.17) is 5.73 Å². The van der Waals surface area contributed by atoms with E-state index < -0.39 is 5.60 Å². The van der Waals surface area contributed by atoms with Crippen molar-refractivity contribution in [1.82, 2.24) is 0 Å². The van der Waals surface area contributed by atoms with Crippen molar-refractivity contribution < 1.29 is 5.11 Å². The minimum Gasteiger partial charge on any atom is -0.390 e. The lowest BCUT2D eigenvalue weighted by Gasteiger charge is -2.19. The highest BCUT2D eigenvalue weighted by atomic mass is 16.3. The SMILES string of the molecule is CC[C@](C)(O)CCN. The molecule has 1 atom stereocenters. The van der Waals surface area contributed by atoms with E-state index in [9.17, 15) is 5.11 Å². The molecule has 8 heavy (non-hydrogen) atoms. The third-order valence-electron chi connectivity index (χ3n) is 1.44. The van der Waals surface area contributed by atoms with Crippen LogP contribution in [0.1, 0.15) is 26.7 Å². The second-order valence-corrected chi connectivity index (χ2v) is 2.39. The molecule has 2 nitrogen and oxygen atoms in total. The average Bonchev–Trinajstić information content (AvgIpc) is 1.67. The third kappa shape index (κ3) is 2.99. The molecule has 0 heterocycles. The first-order valence-electron chi connectivity index (χ1n) is 3.05. The predicted octanol–water partition coefficient (Wildman–Crippen LogP) is 0.496. The Balaban J connectivity index is 3.37. The van der Waals surface area contributed by atoms with E-state index in [1.165, 1.54) is 0 Å². The summed E-state index contributed by atoms with van der Waals surface area (Å²) in [7, 11) is 0. The number of hydrogen-bond acceptors (Lipinski definition) is 2. The molecule has 0 fully saturated rings. The smallest absolute Gasteiger partial charge is 0.0629 e. The van der Waals surface area contributed by atoms with Gasteiger partial charge in [-0.2, -0.15) is 0 Å². The van der Waals surface area contributed by atoms with Gasteiger partial charge in [-0.05, 0) is 26.3 Å². The third-order valence-corrected chi connectivity index (χ3v) is 1.44. The van der Waals surface area contributed by atoms with Crippen LogP contribution in [0.2, 0.25) is 0 Å². The fourth-order valence-corrected chi connectivity index (χ4v) is 0.488. The van der Waals surface area contributed by atoms with Gasteiger partial charge in [0.2, 0.25) is 0 Å². The van der Waals surface area contributed by atoms with E-state index in [0.29, 0.717) is 13.0 Å². The molecule has 0 spiro atoms. The summed E-state index contributed by atoms with van der Waals surface area (Å²) in [5.74, 6) is 0. The zero-order valence-corrected chi connectivity index (χ0v) is 5.65. The van der Waals surface area contributed by atoms with Gasteiger partial charge in [0.1, 0.15) is 0 Å². The number of rotatable bonds is 3. The Labute approximate surface area is 50.7 Å². The summed E-state index contributed by atoms with van der Waals surface area (Å²) in [6.45, 7) is 4.33. The van der Waals surface area contributed by atoms with E-state index in [1.54, 1.807) is 6.92 Å². The van der Waals surface area contributed by atoms with E-state index in [-0.39, 0.29) is 0 Å². The van der Waals surface area contributed by atoms with Gasteiger partial charge in [0.25, 0.3) is 0 Å². The highest BCUT2D eigenvalue weighted by molar-refractivity contribution is 4.69. The van der Waals surface area contributed by atoms with Crippen LogP contribution < -0.4 is 5.73 Å². The maximum absolute atomic E-state index is 9.24. The van der Waals surface area contributed by atoms with Gasteiger partial charge in [-0.3, -0.25) is 0 Å². The zero-order chi connectivity index (χ0) is 6.62. The Bertz CT molecular complexity index is 61.5. The number of aliphatic hydroxyl groups is 1. The molecule has 0 saturated carbocycles. The quantitative estimate of drug-likeness (QED) is 0.565. The van der Waals surface area contributed by atoms with Crippen LogP contribution in [0.3, 0.4) is 0 Å².